The summed E-state index contributed by atoms with van der Waals surface area (Å²) in [6, 6.07) is 52.2. The Morgan fingerprint density at radius 2 is 0.740 bits per heavy atom. The first-order chi connectivity index (χ1) is 24.4. The zero-order valence-electron chi connectivity index (χ0n) is 29.6. The van der Waals surface area contributed by atoms with Crippen LogP contribution in [0.1, 0.15) is 61.8 Å². The van der Waals surface area contributed by atoms with Crippen molar-refractivity contribution in [3.8, 4) is 0 Å². The van der Waals surface area contributed by atoms with E-state index in [9.17, 15) is 0 Å². The maximum Gasteiger partial charge on any atom is 0.0540 e. The molecular weight excluding hydrogens is 605 g/mol. The molecule has 0 amide bonds. The van der Waals surface area contributed by atoms with Gasteiger partial charge in [-0.05, 0) is 94.4 Å². The third-order valence-corrected chi connectivity index (χ3v) is 9.17. The molecule has 0 radical (unpaired) electrons. The van der Waals surface area contributed by atoms with E-state index < -0.39 is 0 Å². The van der Waals surface area contributed by atoms with Gasteiger partial charge in [-0.25, -0.2) is 0 Å². The fourth-order valence-corrected chi connectivity index (χ4v) is 6.56. The SMILES string of the molecule is C=C/C=C(\c1ccc(/C(=C\C=C)N(c2ccccc2)c2ccc(C(C)C)cc2)c2ccccc12)N(c1ccccc1)c1ccc(C(C)C)cc1. The summed E-state index contributed by atoms with van der Waals surface area (Å²) >= 11 is 0. The molecule has 6 aromatic carbocycles. The minimum Gasteiger partial charge on any atom is -0.310 e. The van der Waals surface area contributed by atoms with Gasteiger partial charge in [0.25, 0.3) is 0 Å². The van der Waals surface area contributed by atoms with Crippen molar-refractivity contribution in [2.45, 2.75) is 39.5 Å². The summed E-state index contributed by atoms with van der Waals surface area (Å²) in [5, 5.41) is 2.30. The van der Waals surface area contributed by atoms with Gasteiger partial charge in [0.05, 0.1) is 11.4 Å². The number of fused-ring (bicyclic) bond motifs is 1. The monoisotopic (exact) mass is 650 g/mol. The van der Waals surface area contributed by atoms with Crippen molar-refractivity contribution in [2.75, 3.05) is 9.80 Å². The van der Waals surface area contributed by atoms with Gasteiger partial charge in [0.2, 0.25) is 0 Å². The van der Waals surface area contributed by atoms with E-state index >= 15 is 0 Å². The van der Waals surface area contributed by atoms with E-state index in [-0.39, 0.29) is 0 Å². The first-order valence-corrected chi connectivity index (χ1v) is 17.5. The average Bonchev–Trinajstić information content (AvgIpc) is 3.15. The summed E-state index contributed by atoms with van der Waals surface area (Å²) < 4.78 is 0. The molecule has 50 heavy (non-hydrogen) atoms. The van der Waals surface area contributed by atoms with Crippen LogP contribution in [0, 0.1) is 0 Å². The summed E-state index contributed by atoms with van der Waals surface area (Å²) in [6.45, 7) is 17.2. The minimum absolute atomic E-state index is 0.454. The Balaban J connectivity index is 1.56. The molecule has 0 saturated heterocycles. The van der Waals surface area contributed by atoms with Gasteiger partial charge in [0.1, 0.15) is 0 Å². The van der Waals surface area contributed by atoms with Crippen LogP contribution >= 0.6 is 0 Å². The third-order valence-electron chi connectivity index (χ3n) is 9.17. The van der Waals surface area contributed by atoms with Crippen molar-refractivity contribution in [2.24, 2.45) is 0 Å². The molecular formula is C48H46N2. The third kappa shape index (κ3) is 7.11. The first kappa shape index (κ1) is 34.0. The number of rotatable bonds is 12. The molecule has 0 atom stereocenters. The normalized spacial score (nSPS) is 12.0. The highest BCUT2D eigenvalue weighted by Gasteiger charge is 2.23. The molecule has 0 fully saturated rings. The molecule has 0 spiro atoms. The van der Waals surface area contributed by atoms with Crippen molar-refractivity contribution < 1.29 is 0 Å². The van der Waals surface area contributed by atoms with Gasteiger partial charge in [0.15, 0.2) is 0 Å². The topological polar surface area (TPSA) is 6.48 Å². The quantitative estimate of drug-likeness (QED) is 0.122. The predicted molar refractivity (Wildman–Crippen MR) is 219 cm³/mol. The van der Waals surface area contributed by atoms with Gasteiger partial charge in [-0.3, -0.25) is 0 Å². The van der Waals surface area contributed by atoms with Crippen LogP contribution in [0.25, 0.3) is 22.2 Å². The number of nitrogens with zero attached hydrogens (tertiary/aromatic N) is 2. The average molecular weight is 651 g/mol. The number of hydrogen-bond donors (Lipinski definition) is 0. The highest BCUT2D eigenvalue weighted by Crippen LogP contribution is 2.42. The molecule has 0 aliphatic carbocycles. The molecule has 0 bridgehead atoms. The molecule has 0 aliphatic heterocycles. The maximum atomic E-state index is 4.16. The Kier molecular flexibility index (Phi) is 10.6. The first-order valence-electron chi connectivity index (χ1n) is 17.5. The zero-order valence-corrected chi connectivity index (χ0v) is 29.6. The van der Waals surface area contributed by atoms with Crippen molar-refractivity contribution in [1.29, 1.82) is 0 Å². The highest BCUT2D eigenvalue weighted by molar-refractivity contribution is 6.06. The lowest BCUT2D eigenvalue weighted by molar-refractivity contribution is 0.866. The van der Waals surface area contributed by atoms with Crippen LogP contribution < -0.4 is 9.80 Å². The van der Waals surface area contributed by atoms with Gasteiger partial charge in [-0.15, -0.1) is 0 Å². The molecule has 0 aromatic heterocycles. The van der Waals surface area contributed by atoms with E-state index in [2.05, 4.69) is 208 Å². The van der Waals surface area contributed by atoms with Crippen LogP contribution in [0.5, 0.6) is 0 Å². The summed E-state index contributed by atoms with van der Waals surface area (Å²) in [6.07, 6.45) is 8.02. The second-order valence-electron chi connectivity index (χ2n) is 13.1. The number of anilines is 4. The summed E-state index contributed by atoms with van der Waals surface area (Å²) in [5.41, 5.74) is 11.3. The Hall–Kier alpha value is -5.86. The Labute approximate surface area is 298 Å². The van der Waals surface area contributed by atoms with E-state index in [1.54, 1.807) is 0 Å². The minimum atomic E-state index is 0.454. The fraction of sp³-hybridized carbons (Fsp3) is 0.125. The van der Waals surface area contributed by atoms with Crippen LogP contribution in [0.15, 0.2) is 183 Å². The number of allylic oxidation sites excluding steroid dienone is 4. The molecule has 6 aromatic rings. The van der Waals surface area contributed by atoms with Gasteiger partial charge in [0, 0.05) is 33.9 Å². The molecule has 2 nitrogen and oxygen atoms in total. The lowest BCUT2D eigenvalue weighted by Gasteiger charge is -2.31. The molecule has 248 valence electrons. The van der Waals surface area contributed by atoms with E-state index in [0.717, 1.165) is 56.0 Å². The second kappa shape index (κ2) is 15.6. The Morgan fingerprint density at radius 3 is 1.06 bits per heavy atom. The summed E-state index contributed by atoms with van der Waals surface area (Å²) in [4.78, 5) is 4.67. The Bertz CT molecular complexity index is 1960. The van der Waals surface area contributed by atoms with Crippen LogP contribution in [0.3, 0.4) is 0 Å². The van der Waals surface area contributed by atoms with E-state index in [1.807, 2.05) is 12.2 Å². The van der Waals surface area contributed by atoms with Crippen LogP contribution in [-0.2, 0) is 0 Å². The fourth-order valence-electron chi connectivity index (χ4n) is 6.56. The van der Waals surface area contributed by atoms with Gasteiger partial charge < -0.3 is 9.80 Å². The Morgan fingerprint density at radius 1 is 0.420 bits per heavy atom. The van der Waals surface area contributed by atoms with Gasteiger partial charge in [-0.1, -0.05) is 150 Å². The lowest BCUT2D eigenvalue weighted by Crippen LogP contribution is -2.17. The summed E-state index contributed by atoms with van der Waals surface area (Å²) in [7, 11) is 0. The van der Waals surface area contributed by atoms with E-state index in [0.29, 0.717) is 11.8 Å². The van der Waals surface area contributed by atoms with Crippen LogP contribution in [0.2, 0.25) is 0 Å². The van der Waals surface area contributed by atoms with Crippen molar-refractivity contribution >= 4 is 44.9 Å². The number of para-hydroxylation sites is 2. The lowest BCUT2D eigenvalue weighted by atomic mass is 9.93. The molecule has 0 saturated carbocycles. The van der Waals surface area contributed by atoms with E-state index in [1.165, 1.54) is 11.1 Å². The van der Waals surface area contributed by atoms with Crippen molar-refractivity contribution in [3.05, 3.63) is 205 Å². The zero-order chi connectivity index (χ0) is 35.0. The smallest absolute Gasteiger partial charge is 0.0540 e. The standard InChI is InChI=1S/C48H46N2/c1-7-17-47(49(39-19-11-9-12-20-39)41-29-25-37(26-30-41)35(3)4)45-33-34-46(44-24-16-15-23-43(44)45)48(18-8-2)50(40-21-13-10-14-22-40)42-31-27-38(28-32-42)36(5)6/h7-36H,1-2H2,3-6H3/b47-17+,48-18+. The molecule has 0 aliphatic rings. The maximum absolute atomic E-state index is 4.16. The molecule has 0 N–H and O–H groups in total. The van der Waals surface area contributed by atoms with Gasteiger partial charge in [-0.2, -0.15) is 0 Å². The molecule has 0 unspecified atom stereocenters. The number of hydrogen-bond acceptors (Lipinski definition) is 2. The van der Waals surface area contributed by atoms with Crippen LogP contribution in [-0.4, -0.2) is 0 Å². The highest BCUT2D eigenvalue weighted by atomic mass is 15.2. The molecule has 2 heteroatoms. The number of benzene rings is 6. The van der Waals surface area contributed by atoms with Crippen LogP contribution in [0.4, 0.5) is 22.7 Å². The van der Waals surface area contributed by atoms with Crippen molar-refractivity contribution in [1.82, 2.24) is 0 Å². The predicted octanol–water partition coefficient (Wildman–Crippen LogP) is 13.8. The van der Waals surface area contributed by atoms with E-state index in [4.69, 9.17) is 0 Å². The largest absolute Gasteiger partial charge is 0.310 e. The van der Waals surface area contributed by atoms with Crippen molar-refractivity contribution in [3.63, 3.8) is 0 Å². The summed E-state index contributed by atoms with van der Waals surface area (Å²) in [5.74, 6) is 0.908. The van der Waals surface area contributed by atoms with Gasteiger partial charge >= 0.3 is 0 Å². The molecule has 6 rings (SSSR count). The second-order valence-corrected chi connectivity index (χ2v) is 13.1. The molecule has 0 heterocycles.